The van der Waals surface area contributed by atoms with Crippen LogP contribution in [-0.2, 0) is 14.3 Å². The molecule has 0 N–H and O–H groups in total. The van der Waals surface area contributed by atoms with Gasteiger partial charge in [-0.05, 0) is 43.0 Å². The minimum atomic E-state index is -0.411. The summed E-state index contributed by atoms with van der Waals surface area (Å²) in [6.07, 6.45) is 2.45. The van der Waals surface area contributed by atoms with E-state index in [2.05, 4.69) is 11.7 Å². The van der Waals surface area contributed by atoms with Crippen molar-refractivity contribution >= 4 is 23.5 Å². The van der Waals surface area contributed by atoms with Crippen molar-refractivity contribution in [3.05, 3.63) is 29.8 Å². The topological polar surface area (TPSA) is 66.9 Å². The molecule has 2 fully saturated rings. The summed E-state index contributed by atoms with van der Waals surface area (Å²) < 4.78 is 4.68. The van der Waals surface area contributed by atoms with Crippen molar-refractivity contribution in [2.75, 3.05) is 31.6 Å². The number of ether oxygens (including phenoxy) is 1. The molecule has 0 aliphatic carbocycles. The molecule has 25 heavy (non-hydrogen) atoms. The summed E-state index contributed by atoms with van der Waals surface area (Å²) in [4.78, 5) is 40.2. The van der Waals surface area contributed by atoms with E-state index in [1.807, 2.05) is 4.90 Å². The van der Waals surface area contributed by atoms with Crippen molar-refractivity contribution in [2.45, 2.75) is 26.2 Å². The Morgan fingerprint density at radius 1 is 1.16 bits per heavy atom. The Kier molecular flexibility index (Phi) is 5.06. The van der Waals surface area contributed by atoms with Crippen LogP contribution in [-0.4, -0.2) is 49.4 Å². The molecule has 2 atom stereocenters. The Hall–Kier alpha value is -2.37. The number of anilines is 1. The van der Waals surface area contributed by atoms with E-state index in [9.17, 15) is 14.4 Å². The molecule has 2 amide bonds. The first-order chi connectivity index (χ1) is 12.0. The van der Waals surface area contributed by atoms with Gasteiger partial charge in [0.25, 0.3) is 0 Å². The highest BCUT2D eigenvalue weighted by atomic mass is 16.5. The first kappa shape index (κ1) is 17.5. The number of piperidine rings is 1. The van der Waals surface area contributed by atoms with Crippen LogP contribution in [0.3, 0.4) is 0 Å². The second-order valence-corrected chi connectivity index (χ2v) is 6.98. The Labute approximate surface area is 147 Å². The third kappa shape index (κ3) is 3.67. The maximum atomic E-state index is 12.7. The number of benzene rings is 1. The van der Waals surface area contributed by atoms with E-state index in [0.29, 0.717) is 23.7 Å². The van der Waals surface area contributed by atoms with E-state index in [-0.39, 0.29) is 24.2 Å². The molecule has 0 bridgehead atoms. The van der Waals surface area contributed by atoms with Crippen molar-refractivity contribution in [1.29, 1.82) is 0 Å². The normalized spacial score (nSPS) is 23.7. The fourth-order valence-corrected chi connectivity index (χ4v) is 3.67. The minimum absolute atomic E-state index is 0.0470. The number of hydrogen-bond donors (Lipinski definition) is 0. The van der Waals surface area contributed by atoms with Crippen LogP contribution in [0.25, 0.3) is 0 Å². The lowest BCUT2D eigenvalue weighted by Gasteiger charge is -2.32. The molecule has 134 valence electrons. The van der Waals surface area contributed by atoms with Crippen molar-refractivity contribution in [1.82, 2.24) is 4.90 Å². The maximum Gasteiger partial charge on any atom is 0.337 e. The molecular formula is C19H24N2O4. The largest absolute Gasteiger partial charge is 0.465 e. The van der Waals surface area contributed by atoms with Gasteiger partial charge >= 0.3 is 5.97 Å². The molecule has 0 radical (unpaired) electrons. The van der Waals surface area contributed by atoms with E-state index in [4.69, 9.17) is 0 Å². The highest BCUT2D eigenvalue weighted by molar-refractivity contribution is 6.00. The quantitative estimate of drug-likeness (QED) is 0.788. The second kappa shape index (κ2) is 7.25. The molecule has 2 saturated heterocycles. The van der Waals surface area contributed by atoms with Crippen LogP contribution in [0.4, 0.5) is 5.69 Å². The van der Waals surface area contributed by atoms with Crippen molar-refractivity contribution in [3.63, 3.8) is 0 Å². The predicted molar refractivity (Wildman–Crippen MR) is 93.2 cm³/mol. The van der Waals surface area contributed by atoms with Gasteiger partial charge in [-0.15, -0.1) is 0 Å². The van der Waals surface area contributed by atoms with Crippen LogP contribution in [0.15, 0.2) is 24.3 Å². The smallest absolute Gasteiger partial charge is 0.337 e. The lowest BCUT2D eigenvalue weighted by atomic mass is 9.98. The Balaban J connectivity index is 1.67. The molecule has 6 nitrogen and oxygen atoms in total. The number of rotatable bonds is 3. The van der Waals surface area contributed by atoms with Gasteiger partial charge in [0.05, 0.1) is 18.6 Å². The van der Waals surface area contributed by atoms with Gasteiger partial charge in [-0.1, -0.05) is 6.92 Å². The second-order valence-electron chi connectivity index (χ2n) is 6.98. The molecule has 1 aromatic carbocycles. The van der Waals surface area contributed by atoms with Crippen LogP contribution in [0.5, 0.6) is 0 Å². The SMILES string of the molecule is COC(=O)c1ccc(N2CC(C(=O)N3CCCC(C)C3)CC2=O)cc1. The molecule has 6 heteroatoms. The fourth-order valence-electron chi connectivity index (χ4n) is 3.67. The summed E-state index contributed by atoms with van der Waals surface area (Å²) in [6, 6.07) is 6.71. The first-order valence-corrected chi connectivity index (χ1v) is 8.77. The average Bonchev–Trinajstić information content (AvgIpc) is 3.02. The molecule has 3 rings (SSSR count). The van der Waals surface area contributed by atoms with Gasteiger partial charge in [-0.2, -0.15) is 0 Å². The number of hydrogen-bond acceptors (Lipinski definition) is 4. The van der Waals surface area contributed by atoms with Crippen LogP contribution in [0.2, 0.25) is 0 Å². The van der Waals surface area contributed by atoms with Crippen LogP contribution in [0.1, 0.15) is 36.5 Å². The average molecular weight is 344 g/mol. The highest BCUT2D eigenvalue weighted by Gasteiger charge is 2.38. The van der Waals surface area contributed by atoms with E-state index in [1.165, 1.54) is 7.11 Å². The number of amides is 2. The van der Waals surface area contributed by atoms with Gasteiger partial charge in [-0.25, -0.2) is 4.79 Å². The molecule has 1 aromatic rings. The first-order valence-electron chi connectivity index (χ1n) is 8.77. The standard InChI is InChI=1S/C19H24N2O4/c1-13-4-3-9-20(11-13)18(23)15-10-17(22)21(12-15)16-7-5-14(6-8-16)19(24)25-2/h5-8,13,15H,3-4,9-12H2,1-2H3. The Morgan fingerprint density at radius 3 is 2.52 bits per heavy atom. The van der Waals surface area contributed by atoms with Gasteiger partial charge in [0, 0.05) is 31.7 Å². The summed E-state index contributed by atoms with van der Waals surface area (Å²) in [6.45, 7) is 4.15. The third-order valence-corrected chi connectivity index (χ3v) is 5.04. The van der Waals surface area contributed by atoms with E-state index in [0.717, 1.165) is 25.9 Å². The Bertz CT molecular complexity index is 671. The third-order valence-electron chi connectivity index (χ3n) is 5.04. The summed E-state index contributed by atoms with van der Waals surface area (Å²) in [5.41, 5.74) is 1.15. The highest BCUT2D eigenvalue weighted by Crippen LogP contribution is 2.28. The zero-order valence-electron chi connectivity index (χ0n) is 14.7. The number of esters is 1. The molecule has 0 aromatic heterocycles. The van der Waals surface area contributed by atoms with Gasteiger partial charge in [0.2, 0.25) is 11.8 Å². The van der Waals surface area contributed by atoms with Crippen molar-refractivity contribution in [2.24, 2.45) is 11.8 Å². The van der Waals surface area contributed by atoms with Crippen LogP contribution >= 0.6 is 0 Å². The van der Waals surface area contributed by atoms with Crippen LogP contribution < -0.4 is 4.90 Å². The van der Waals surface area contributed by atoms with Crippen molar-refractivity contribution < 1.29 is 19.1 Å². The molecule has 2 heterocycles. The van der Waals surface area contributed by atoms with Crippen LogP contribution in [0, 0.1) is 11.8 Å². The van der Waals surface area contributed by atoms with Gasteiger partial charge < -0.3 is 14.5 Å². The van der Waals surface area contributed by atoms with E-state index in [1.54, 1.807) is 29.2 Å². The van der Waals surface area contributed by atoms with Crippen molar-refractivity contribution in [3.8, 4) is 0 Å². The molecule has 0 saturated carbocycles. The number of nitrogens with zero attached hydrogens (tertiary/aromatic N) is 2. The number of carbonyl (C=O) groups is 3. The summed E-state index contributed by atoms with van der Waals surface area (Å²) in [7, 11) is 1.33. The lowest BCUT2D eigenvalue weighted by Crippen LogP contribution is -2.43. The molecule has 2 aliphatic heterocycles. The molecule has 2 aliphatic rings. The summed E-state index contributed by atoms with van der Waals surface area (Å²) >= 11 is 0. The Morgan fingerprint density at radius 2 is 1.88 bits per heavy atom. The monoisotopic (exact) mass is 344 g/mol. The van der Waals surface area contributed by atoms with Gasteiger partial charge in [-0.3, -0.25) is 9.59 Å². The minimum Gasteiger partial charge on any atom is -0.465 e. The molecular weight excluding hydrogens is 320 g/mol. The zero-order chi connectivity index (χ0) is 18.0. The predicted octanol–water partition coefficient (Wildman–Crippen LogP) is 2.08. The molecule has 0 spiro atoms. The summed E-state index contributed by atoms with van der Waals surface area (Å²) in [5.74, 6) is -0.121. The van der Waals surface area contributed by atoms with E-state index >= 15 is 0 Å². The summed E-state index contributed by atoms with van der Waals surface area (Å²) in [5, 5.41) is 0. The number of methoxy groups -OCH3 is 1. The van der Waals surface area contributed by atoms with Gasteiger partial charge in [0.1, 0.15) is 0 Å². The number of carbonyl (C=O) groups excluding carboxylic acids is 3. The molecule has 2 unspecified atom stereocenters. The lowest BCUT2D eigenvalue weighted by molar-refractivity contribution is -0.137. The number of likely N-dealkylation sites (tertiary alicyclic amines) is 1. The maximum absolute atomic E-state index is 12.7. The van der Waals surface area contributed by atoms with Gasteiger partial charge in [0.15, 0.2) is 0 Å². The zero-order valence-corrected chi connectivity index (χ0v) is 14.7. The van der Waals surface area contributed by atoms with E-state index < -0.39 is 5.97 Å². The fraction of sp³-hybridized carbons (Fsp3) is 0.526.